The lowest BCUT2D eigenvalue weighted by molar-refractivity contribution is 0.325. The van der Waals surface area contributed by atoms with Crippen molar-refractivity contribution in [1.29, 1.82) is 0 Å². The van der Waals surface area contributed by atoms with Crippen molar-refractivity contribution in [3.8, 4) is 11.1 Å². The maximum Gasteiger partial charge on any atom is 0.156 e. The molecule has 0 radical (unpaired) electrons. The molecular formula is C19H18N6S. The lowest BCUT2D eigenvalue weighted by atomic mass is 10.1. The van der Waals surface area contributed by atoms with Gasteiger partial charge in [-0.05, 0) is 31.2 Å². The summed E-state index contributed by atoms with van der Waals surface area (Å²) in [5.41, 5.74) is 3.08. The van der Waals surface area contributed by atoms with Crippen LogP contribution in [0.15, 0.2) is 54.4 Å². The van der Waals surface area contributed by atoms with E-state index in [0.717, 1.165) is 48.7 Å². The minimum absolute atomic E-state index is 0.386. The summed E-state index contributed by atoms with van der Waals surface area (Å²) in [6.45, 7) is 2.99. The number of rotatable bonds is 4. The number of hydrogen-bond donors (Lipinski definition) is 0. The first-order chi connectivity index (χ1) is 12.8. The highest BCUT2D eigenvalue weighted by atomic mass is 32.1. The van der Waals surface area contributed by atoms with Crippen LogP contribution in [0, 0.1) is 0 Å². The summed E-state index contributed by atoms with van der Waals surface area (Å²) in [6, 6.07) is 8.11. The largest absolute Gasteiger partial charge is 0.296 e. The molecule has 4 aromatic rings. The van der Waals surface area contributed by atoms with Crippen molar-refractivity contribution in [2.45, 2.75) is 18.9 Å². The number of aromatic nitrogens is 5. The van der Waals surface area contributed by atoms with Crippen molar-refractivity contribution in [2.75, 3.05) is 13.1 Å². The molecule has 5 heterocycles. The average molecular weight is 362 g/mol. The normalized spacial score (nSPS) is 17.9. The lowest BCUT2D eigenvalue weighted by Crippen LogP contribution is -2.19. The number of pyridine rings is 2. The quantitative estimate of drug-likeness (QED) is 0.558. The first-order valence-electron chi connectivity index (χ1n) is 8.72. The SMILES string of the molecule is c1cncc(-c2ccc3nc([C@H]4CCN(Cc5nccs5)C4)nn3c2)c1. The van der Waals surface area contributed by atoms with Crippen LogP contribution in [0.4, 0.5) is 0 Å². The van der Waals surface area contributed by atoms with E-state index in [1.165, 1.54) is 5.01 Å². The summed E-state index contributed by atoms with van der Waals surface area (Å²) in [5, 5.41) is 7.97. The highest BCUT2D eigenvalue weighted by molar-refractivity contribution is 7.09. The summed E-state index contributed by atoms with van der Waals surface area (Å²) in [5.74, 6) is 1.33. The Balaban J connectivity index is 1.36. The molecule has 130 valence electrons. The molecule has 26 heavy (non-hydrogen) atoms. The van der Waals surface area contributed by atoms with E-state index in [0.29, 0.717) is 5.92 Å². The Morgan fingerprint density at radius 3 is 3.00 bits per heavy atom. The van der Waals surface area contributed by atoms with E-state index in [2.05, 4.69) is 27.0 Å². The Hall–Kier alpha value is -2.64. The molecule has 0 saturated carbocycles. The standard InChI is InChI=1S/C19H18N6S/c1-2-14(10-20-6-1)15-3-4-17-22-19(23-25(17)12-15)16-5-8-24(11-16)13-18-21-7-9-26-18/h1-4,6-7,9-10,12,16H,5,8,11,13H2/t16-/m0/s1. The van der Waals surface area contributed by atoms with Crippen molar-refractivity contribution >= 4 is 17.0 Å². The molecule has 7 heteroatoms. The van der Waals surface area contributed by atoms with Crippen LogP contribution in [-0.4, -0.2) is 42.6 Å². The third-order valence-electron chi connectivity index (χ3n) is 4.82. The highest BCUT2D eigenvalue weighted by Crippen LogP contribution is 2.27. The van der Waals surface area contributed by atoms with Gasteiger partial charge in [0.15, 0.2) is 11.5 Å². The minimum atomic E-state index is 0.386. The second-order valence-electron chi connectivity index (χ2n) is 6.58. The third kappa shape index (κ3) is 3.00. The molecule has 0 N–H and O–H groups in total. The van der Waals surface area contributed by atoms with E-state index in [-0.39, 0.29) is 0 Å². The summed E-state index contributed by atoms with van der Waals surface area (Å²) < 4.78 is 1.89. The molecule has 1 fully saturated rings. The second-order valence-corrected chi connectivity index (χ2v) is 7.56. The van der Waals surface area contributed by atoms with Gasteiger partial charge in [0.2, 0.25) is 0 Å². The van der Waals surface area contributed by atoms with E-state index < -0.39 is 0 Å². The fourth-order valence-electron chi connectivity index (χ4n) is 3.49. The predicted molar refractivity (Wildman–Crippen MR) is 101 cm³/mol. The van der Waals surface area contributed by atoms with Gasteiger partial charge in [-0.3, -0.25) is 9.88 Å². The van der Waals surface area contributed by atoms with E-state index in [9.17, 15) is 0 Å². The van der Waals surface area contributed by atoms with Crippen LogP contribution in [0.5, 0.6) is 0 Å². The first kappa shape index (κ1) is 15.6. The molecule has 1 saturated heterocycles. The van der Waals surface area contributed by atoms with Gasteiger partial charge in [0.05, 0.1) is 6.54 Å². The Bertz CT molecular complexity index is 1010. The van der Waals surface area contributed by atoms with Crippen LogP contribution < -0.4 is 0 Å². The highest BCUT2D eigenvalue weighted by Gasteiger charge is 2.27. The summed E-state index contributed by atoms with van der Waals surface area (Å²) >= 11 is 1.72. The molecule has 0 aliphatic carbocycles. The Morgan fingerprint density at radius 1 is 1.15 bits per heavy atom. The maximum absolute atomic E-state index is 4.76. The van der Waals surface area contributed by atoms with E-state index in [4.69, 9.17) is 10.1 Å². The zero-order valence-electron chi connectivity index (χ0n) is 14.2. The molecule has 1 atom stereocenters. The third-order valence-corrected chi connectivity index (χ3v) is 5.59. The molecule has 1 aliphatic rings. The average Bonchev–Trinajstić information content (AvgIpc) is 3.42. The summed E-state index contributed by atoms with van der Waals surface area (Å²) in [7, 11) is 0. The van der Waals surface area contributed by atoms with Gasteiger partial charge in [-0.25, -0.2) is 14.5 Å². The van der Waals surface area contributed by atoms with Crippen LogP contribution >= 0.6 is 11.3 Å². The Morgan fingerprint density at radius 2 is 2.15 bits per heavy atom. The minimum Gasteiger partial charge on any atom is -0.296 e. The van der Waals surface area contributed by atoms with Crippen LogP contribution in [0.25, 0.3) is 16.8 Å². The van der Waals surface area contributed by atoms with E-state index >= 15 is 0 Å². The van der Waals surface area contributed by atoms with Gasteiger partial charge in [0.1, 0.15) is 5.01 Å². The molecule has 0 bridgehead atoms. The molecule has 4 aromatic heterocycles. The second kappa shape index (κ2) is 6.59. The number of hydrogen-bond acceptors (Lipinski definition) is 6. The van der Waals surface area contributed by atoms with E-state index in [1.807, 2.05) is 40.6 Å². The molecule has 6 nitrogen and oxygen atoms in total. The molecule has 0 amide bonds. The lowest BCUT2D eigenvalue weighted by Gasteiger charge is -2.12. The van der Waals surface area contributed by atoms with E-state index in [1.54, 1.807) is 17.5 Å². The van der Waals surface area contributed by atoms with Crippen LogP contribution in [0.2, 0.25) is 0 Å². The topological polar surface area (TPSA) is 59.2 Å². The molecular weight excluding hydrogens is 344 g/mol. The molecule has 1 aliphatic heterocycles. The van der Waals surface area contributed by atoms with Gasteiger partial charge < -0.3 is 0 Å². The van der Waals surface area contributed by atoms with Crippen LogP contribution in [0.1, 0.15) is 23.2 Å². The number of likely N-dealkylation sites (tertiary alicyclic amines) is 1. The summed E-state index contributed by atoms with van der Waals surface area (Å²) in [4.78, 5) is 15.8. The number of thiazole rings is 1. The molecule has 0 unspecified atom stereocenters. The predicted octanol–water partition coefficient (Wildman–Crippen LogP) is 3.24. The smallest absolute Gasteiger partial charge is 0.156 e. The van der Waals surface area contributed by atoms with Crippen molar-refractivity contribution in [1.82, 2.24) is 29.5 Å². The molecule has 0 aromatic carbocycles. The van der Waals surface area contributed by atoms with Gasteiger partial charge in [0, 0.05) is 53.8 Å². The zero-order chi connectivity index (χ0) is 17.3. The fraction of sp³-hybridized carbons (Fsp3) is 0.263. The first-order valence-corrected chi connectivity index (χ1v) is 9.60. The fourth-order valence-corrected chi connectivity index (χ4v) is 4.14. The van der Waals surface area contributed by atoms with Crippen molar-refractivity contribution in [3.05, 3.63) is 65.3 Å². The summed E-state index contributed by atoms with van der Waals surface area (Å²) in [6.07, 6.45) is 8.65. The van der Waals surface area contributed by atoms with Crippen LogP contribution in [-0.2, 0) is 6.54 Å². The monoisotopic (exact) mass is 362 g/mol. The van der Waals surface area contributed by atoms with Crippen molar-refractivity contribution in [3.63, 3.8) is 0 Å². The maximum atomic E-state index is 4.76. The zero-order valence-corrected chi connectivity index (χ0v) is 15.0. The number of nitrogens with zero attached hydrogens (tertiary/aromatic N) is 6. The number of fused-ring (bicyclic) bond motifs is 1. The Labute approximate surface area is 155 Å². The van der Waals surface area contributed by atoms with Gasteiger partial charge in [-0.2, -0.15) is 5.10 Å². The van der Waals surface area contributed by atoms with Gasteiger partial charge >= 0.3 is 0 Å². The van der Waals surface area contributed by atoms with Crippen molar-refractivity contribution < 1.29 is 0 Å². The van der Waals surface area contributed by atoms with Gasteiger partial charge in [0.25, 0.3) is 0 Å². The van der Waals surface area contributed by atoms with Gasteiger partial charge in [-0.15, -0.1) is 11.3 Å². The molecule has 0 spiro atoms. The van der Waals surface area contributed by atoms with Crippen LogP contribution in [0.3, 0.4) is 0 Å². The Kier molecular flexibility index (Phi) is 3.95. The molecule has 5 rings (SSSR count). The van der Waals surface area contributed by atoms with Gasteiger partial charge in [-0.1, -0.05) is 6.07 Å². The van der Waals surface area contributed by atoms with Crippen molar-refractivity contribution in [2.24, 2.45) is 0 Å².